The normalized spacial score (nSPS) is 20.2. The summed E-state index contributed by atoms with van der Waals surface area (Å²) in [6.45, 7) is 8.03. The van der Waals surface area contributed by atoms with Gasteiger partial charge in [0, 0.05) is 31.2 Å². The zero-order chi connectivity index (χ0) is 13.9. The van der Waals surface area contributed by atoms with Gasteiger partial charge in [-0.25, -0.2) is 0 Å². The molecular weight excluding hydrogens is 252 g/mol. The van der Waals surface area contributed by atoms with Crippen molar-refractivity contribution in [2.45, 2.75) is 26.4 Å². The number of rotatable bonds is 3. The Balaban J connectivity index is 1.69. The van der Waals surface area contributed by atoms with Gasteiger partial charge in [-0.1, -0.05) is 17.7 Å². The molecule has 0 bridgehead atoms. The van der Waals surface area contributed by atoms with Crippen molar-refractivity contribution in [1.29, 1.82) is 0 Å². The molecule has 1 saturated heterocycles. The second-order valence-electron chi connectivity index (χ2n) is 5.46. The number of aromatic nitrogens is 2. The minimum absolute atomic E-state index is 0.517. The van der Waals surface area contributed by atoms with Crippen LogP contribution in [0, 0.1) is 6.92 Å². The van der Waals surface area contributed by atoms with Gasteiger partial charge < -0.3 is 9.73 Å². The number of piperazine rings is 1. The van der Waals surface area contributed by atoms with E-state index in [0.29, 0.717) is 17.8 Å². The smallest absolute Gasteiger partial charge is 0.247 e. The van der Waals surface area contributed by atoms with Gasteiger partial charge >= 0.3 is 0 Å². The van der Waals surface area contributed by atoms with Crippen LogP contribution in [-0.4, -0.2) is 40.8 Å². The summed E-state index contributed by atoms with van der Waals surface area (Å²) in [5.41, 5.74) is 2.20. The van der Waals surface area contributed by atoms with Crippen LogP contribution < -0.4 is 5.32 Å². The van der Waals surface area contributed by atoms with Gasteiger partial charge in [0.15, 0.2) is 0 Å². The predicted molar refractivity (Wildman–Crippen MR) is 77.2 cm³/mol. The minimum Gasteiger partial charge on any atom is -0.419 e. The third kappa shape index (κ3) is 3.05. The van der Waals surface area contributed by atoms with Crippen LogP contribution in [0.5, 0.6) is 0 Å². The van der Waals surface area contributed by atoms with E-state index in [4.69, 9.17) is 4.42 Å². The lowest BCUT2D eigenvalue weighted by molar-refractivity contribution is 0.184. The Hall–Kier alpha value is -1.72. The quantitative estimate of drug-likeness (QED) is 0.924. The van der Waals surface area contributed by atoms with Crippen LogP contribution in [0.3, 0.4) is 0 Å². The molecule has 0 amide bonds. The molecule has 1 aliphatic heterocycles. The Kier molecular flexibility index (Phi) is 3.80. The number of nitrogens with one attached hydrogen (secondary N) is 1. The predicted octanol–water partition coefficient (Wildman–Crippen LogP) is 1.84. The molecule has 20 heavy (non-hydrogen) atoms. The Morgan fingerprint density at radius 3 is 2.85 bits per heavy atom. The molecule has 0 saturated carbocycles. The number of benzene rings is 1. The van der Waals surface area contributed by atoms with Gasteiger partial charge in [-0.05, 0) is 26.0 Å². The minimum atomic E-state index is 0.517. The van der Waals surface area contributed by atoms with Crippen LogP contribution in [0.4, 0.5) is 0 Å². The lowest BCUT2D eigenvalue weighted by atomic mass is 10.1. The van der Waals surface area contributed by atoms with Gasteiger partial charge in [0.25, 0.3) is 0 Å². The van der Waals surface area contributed by atoms with E-state index in [0.717, 1.165) is 31.7 Å². The lowest BCUT2D eigenvalue weighted by Crippen LogP contribution is -2.48. The summed E-state index contributed by atoms with van der Waals surface area (Å²) in [7, 11) is 0. The van der Waals surface area contributed by atoms with Crippen molar-refractivity contribution in [2.24, 2.45) is 0 Å². The van der Waals surface area contributed by atoms with E-state index >= 15 is 0 Å². The molecular formula is C15H20N4O. The van der Waals surface area contributed by atoms with Gasteiger partial charge in [0.1, 0.15) is 0 Å². The second-order valence-corrected chi connectivity index (χ2v) is 5.46. The number of hydrogen-bond acceptors (Lipinski definition) is 5. The molecule has 1 N–H and O–H groups in total. The first-order chi connectivity index (χ1) is 9.70. The first-order valence-electron chi connectivity index (χ1n) is 7.06. The third-order valence-corrected chi connectivity index (χ3v) is 3.58. The summed E-state index contributed by atoms with van der Waals surface area (Å²) in [5, 5.41) is 11.7. The average Bonchev–Trinajstić information content (AvgIpc) is 2.88. The standard InChI is InChI=1S/C15H20N4O/c1-11-3-5-13(6-4-11)15-18-17-14(20-15)10-19-8-7-16-12(2)9-19/h3-6,12,16H,7-10H2,1-2H3. The summed E-state index contributed by atoms with van der Waals surface area (Å²) in [5.74, 6) is 1.29. The van der Waals surface area contributed by atoms with Gasteiger partial charge in [0.2, 0.25) is 11.8 Å². The topological polar surface area (TPSA) is 54.2 Å². The van der Waals surface area contributed by atoms with E-state index in [1.165, 1.54) is 5.56 Å². The molecule has 3 rings (SSSR count). The van der Waals surface area contributed by atoms with E-state index < -0.39 is 0 Å². The molecule has 2 heterocycles. The van der Waals surface area contributed by atoms with Crippen LogP contribution in [0.2, 0.25) is 0 Å². The fourth-order valence-electron chi connectivity index (χ4n) is 2.48. The zero-order valence-electron chi connectivity index (χ0n) is 12.0. The Morgan fingerprint density at radius 2 is 2.10 bits per heavy atom. The lowest BCUT2D eigenvalue weighted by Gasteiger charge is -2.30. The maximum Gasteiger partial charge on any atom is 0.247 e. The van der Waals surface area contributed by atoms with Crippen molar-refractivity contribution in [3.05, 3.63) is 35.7 Å². The van der Waals surface area contributed by atoms with Crippen molar-refractivity contribution < 1.29 is 4.42 Å². The van der Waals surface area contributed by atoms with Gasteiger partial charge in [0.05, 0.1) is 6.54 Å². The van der Waals surface area contributed by atoms with Crippen molar-refractivity contribution in [1.82, 2.24) is 20.4 Å². The van der Waals surface area contributed by atoms with Gasteiger partial charge in [-0.15, -0.1) is 10.2 Å². The highest BCUT2D eigenvalue weighted by Gasteiger charge is 2.18. The van der Waals surface area contributed by atoms with Gasteiger partial charge in [-0.2, -0.15) is 0 Å². The Morgan fingerprint density at radius 1 is 1.30 bits per heavy atom. The average molecular weight is 272 g/mol. The molecule has 1 unspecified atom stereocenters. The summed E-state index contributed by atoms with van der Waals surface area (Å²) < 4.78 is 5.76. The summed E-state index contributed by atoms with van der Waals surface area (Å²) in [6.07, 6.45) is 0. The highest BCUT2D eigenvalue weighted by atomic mass is 16.4. The van der Waals surface area contributed by atoms with Crippen LogP contribution in [-0.2, 0) is 6.54 Å². The molecule has 0 aliphatic carbocycles. The van der Waals surface area contributed by atoms with Crippen molar-refractivity contribution >= 4 is 0 Å². The van der Waals surface area contributed by atoms with Crippen molar-refractivity contribution in [3.8, 4) is 11.5 Å². The second kappa shape index (κ2) is 5.73. The molecule has 0 radical (unpaired) electrons. The SMILES string of the molecule is Cc1ccc(-c2nnc(CN3CCNC(C)C3)o2)cc1. The third-order valence-electron chi connectivity index (χ3n) is 3.58. The molecule has 2 aromatic rings. The zero-order valence-corrected chi connectivity index (χ0v) is 12.0. The molecule has 1 fully saturated rings. The maximum absolute atomic E-state index is 5.76. The van der Waals surface area contributed by atoms with E-state index in [2.05, 4.69) is 46.4 Å². The number of nitrogens with zero attached hydrogens (tertiary/aromatic N) is 3. The van der Waals surface area contributed by atoms with Crippen LogP contribution >= 0.6 is 0 Å². The fraction of sp³-hybridized carbons (Fsp3) is 0.467. The van der Waals surface area contributed by atoms with E-state index in [1.807, 2.05) is 12.1 Å². The fourth-order valence-corrected chi connectivity index (χ4v) is 2.48. The van der Waals surface area contributed by atoms with Crippen molar-refractivity contribution in [3.63, 3.8) is 0 Å². The summed E-state index contributed by atoms with van der Waals surface area (Å²) in [4.78, 5) is 2.34. The van der Waals surface area contributed by atoms with E-state index in [-0.39, 0.29) is 0 Å². The van der Waals surface area contributed by atoms with E-state index in [1.54, 1.807) is 0 Å². The molecule has 1 aromatic heterocycles. The monoisotopic (exact) mass is 272 g/mol. The van der Waals surface area contributed by atoms with Crippen LogP contribution in [0.15, 0.2) is 28.7 Å². The van der Waals surface area contributed by atoms with Crippen molar-refractivity contribution in [2.75, 3.05) is 19.6 Å². The molecule has 5 heteroatoms. The molecule has 0 spiro atoms. The summed E-state index contributed by atoms with van der Waals surface area (Å²) in [6, 6.07) is 8.65. The molecule has 5 nitrogen and oxygen atoms in total. The Bertz CT molecular complexity index is 564. The highest BCUT2D eigenvalue weighted by Crippen LogP contribution is 2.19. The number of aryl methyl sites for hydroxylation is 1. The first kappa shape index (κ1) is 13.3. The molecule has 106 valence electrons. The maximum atomic E-state index is 5.76. The highest BCUT2D eigenvalue weighted by molar-refractivity contribution is 5.52. The first-order valence-corrected chi connectivity index (χ1v) is 7.06. The molecule has 1 atom stereocenters. The Labute approximate surface area is 119 Å². The van der Waals surface area contributed by atoms with E-state index in [9.17, 15) is 0 Å². The largest absolute Gasteiger partial charge is 0.419 e. The van der Waals surface area contributed by atoms with Crippen LogP contribution in [0.1, 0.15) is 18.4 Å². The van der Waals surface area contributed by atoms with Gasteiger partial charge in [-0.3, -0.25) is 4.90 Å². The summed E-state index contributed by atoms with van der Waals surface area (Å²) >= 11 is 0. The molecule has 1 aliphatic rings. The number of hydrogen-bond donors (Lipinski definition) is 1. The van der Waals surface area contributed by atoms with Crippen LogP contribution in [0.25, 0.3) is 11.5 Å². The molecule has 1 aromatic carbocycles.